The second kappa shape index (κ2) is 10.4. The number of nitro groups is 1. The predicted molar refractivity (Wildman–Crippen MR) is 123 cm³/mol. The maximum Gasteiger partial charge on any atom is 0.338 e. The third-order valence-electron chi connectivity index (χ3n) is 4.87. The van der Waals surface area contributed by atoms with Gasteiger partial charge in [0.2, 0.25) is 0 Å². The maximum absolute atomic E-state index is 13.2. The lowest BCUT2D eigenvalue weighted by molar-refractivity contribution is -0.384. The Labute approximate surface area is 193 Å². The van der Waals surface area contributed by atoms with Gasteiger partial charge >= 0.3 is 11.9 Å². The normalized spacial score (nSPS) is 11.2. The van der Waals surface area contributed by atoms with E-state index in [9.17, 15) is 24.5 Å². The summed E-state index contributed by atoms with van der Waals surface area (Å²) in [5.41, 5.74) is 1.35. The molecule has 0 fully saturated rings. The van der Waals surface area contributed by atoms with Gasteiger partial charge in [-0.1, -0.05) is 0 Å². The van der Waals surface area contributed by atoms with Gasteiger partial charge in [0, 0.05) is 12.1 Å². The summed E-state index contributed by atoms with van der Waals surface area (Å²) in [6, 6.07) is 11.7. The van der Waals surface area contributed by atoms with Crippen LogP contribution in [0.25, 0.3) is 5.69 Å². The SMILES string of the molecule is CCOC(=O)c1ccc(N=C(C)c2c(CC(=O)OC)[nH]n(-c3ccc([N+](=O)[O-])cc3)c2=O)cc1. The standard InChI is InChI=1S/C23H22N4O7/c1-4-34-23(30)15-5-7-16(8-6-15)24-14(2)21-19(13-20(28)33-3)25-26(22(21)29)17-9-11-18(12-10-17)27(31)32/h5-12,25H,4,13H2,1-3H3. The fourth-order valence-corrected chi connectivity index (χ4v) is 3.24. The molecule has 0 aliphatic carbocycles. The van der Waals surface area contributed by atoms with Crippen molar-refractivity contribution in [3.63, 3.8) is 0 Å². The molecule has 34 heavy (non-hydrogen) atoms. The van der Waals surface area contributed by atoms with Crippen LogP contribution in [-0.4, -0.2) is 46.1 Å². The second-order valence-corrected chi connectivity index (χ2v) is 7.10. The number of carbonyl (C=O) groups is 2. The van der Waals surface area contributed by atoms with Crippen molar-refractivity contribution in [2.75, 3.05) is 13.7 Å². The third kappa shape index (κ3) is 5.26. The number of benzene rings is 2. The molecule has 1 aromatic heterocycles. The van der Waals surface area contributed by atoms with E-state index in [0.29, 0.717) is 22.6 Å². The van der Waals surface area contributed by atoms with E-state index in [1.807, 2.05) is 0 Å². The van der Waals surface area contributed by atoms with Gasteiger partial charge in [0.05, 0.1) is 59.0 Å². The lowest BCUT2D eigenvalue weighted by Crippen LogP contribution is -2.20. The number of aromatic amines is 1. The molecule has 176 valence electrons. The van der Waals surface area contributed by atoms with Gasteiger partial charge in [-0.3, -0.25) is 29.8 Å². The van der Waals surface area contributed by atoms with Crippen LogP contribution in [0, 0.1) is 10.1 Å². The van der Waals surface area contributed by atoms with Gasteiger partial charge in [0.1, 0.15) is 0 Å². The van der Waals surface area contributed by atoms with Crippen LogP contribution in [0.3, 0.4) is 0 Å². The number of H-pyrrole nitrogens is 1. The molecule has 0 amide bonds. The summed E-state index contributed by atoms with van der Waals surface area (Å²) in [5, 5.41) is 13.8. The predicted octanol–water partition coefficient (Wildman–Crippen LogP) is 3.11. The first-order chi connectivity index (χ1) is 16.2. The van der Waals surface area contributed by atoms with Crippen molar-refractivity contribution in [2.45, 2.75) is 20.3 Å². The molecule has 0 aliphatic rings. The number of hydrogen-bond donors (Lipinski definition) is 1. The average molecular weight is 466 g/mol. The van der Waals surface area contributed by atoms with E-state index in [2.05, 4.69) is 10.1 Å². The summed E-state index contributed by atoms with van der Waals surface area (Å²) >= 11 is 0. The number of nitrogens with one attached hydrogen (secondary N) is 1. The fourth-order valence-electron chi connectivity index (χ4n) is 3.24. The zero-order chi connectivity index (χ0) is 24.8. The lowest BCUT2D eigenvalue weighted by atomic mass is 10.1. The summed E-state index contributed by atoms with van der Waals surface area (Å²) < 4.78 is 10.9. The van der Waals surface area contributed by atoms with Crippen molar-refractivity contribution in [1.29, 1.82) is 0 Å². The summed E-state index contributed by atoms with van der Waals surface area (Å²) in [7, 11) is 1.24. The lowest BCUT2D eigenvalue weighted by Gasteiger charge is -2.03. The van der Waals surface area contributed by atoms with Crippen LogP contribution < -0.4 is 5.56 Å². The zero-order valence-electron chi connectivity index (χ0n) is 18.7. The highest BCUT2D eigenvalue weighted by molar-refractivity contribution is 6.01. The van der Waals surface area contributed by atoms with Crippen LogP contribution in [0.15, 0.2) is 58.3 Å². The first kappa shape index (κ1) is 24.1. The Kier molecular flexibility index (Phi) is 7.36. The molecular weight excluding hydrogens is 444 g/mol. The molecule has 11 nitrogen and oxygen atoms in total. The smallest absolute Gasteiger partial charge is 0.338 e. The Morgan fingerprint density at radius 1 is 1.12 bits per heavy atom. The molecule has 0 atom stereocenters. The van der Waals surface area contributed by atoms with Gasteiger partial charge in [0.15, 0.2) is 0 Å². The molecule has 3 rings (SSSR count). The minimum absolute atomic E-state index is 0.123. The zero-order valence-corrected chi connectivity index (χ0v) is 18.7. The van der Waals surface area contributed by atoms with E-state index in [1.165, 1.54) is 36.1 Å². The molecule has 0 aliphatic heterocycles. The number of methoxy groups -OCH3 is 1. The number of esters is 2. The van der Waals surface area contributed by atoms with Crippen LogP contribution in [0.1, 0.15) is 35.5 Å². The van der Waals surface area contributed by atoms with Crippen LogP contribution in [0.2, 0.25) is 0 Å². The van der Waals surface area contributed by atoms with E-state index in [1.54, 1.807) is 38.1 Å². The minimum atomic E-state index is -0.565. The van der Waals surface area contributed by atoms with E-state index in [-0.39, 0.29) is 30.0 Å². The van der Waals surface area contributed by atoms with E-state index in [0.717, 1.165) is 0 Å². The van der Waals surface area contributed by atoms with Gasteiger partial charge in [0.25, 0.3) is 11.2 Å². The monoisotopic (exact) mass is 466 g/mol. The van der Waals surface area contributed by atoms with E-state index in [4.69, 9.17) is 9.47 Å². The topological polar surface area (TPSA) is 146 Å². The number of non-ortho nitro benzene ring substituents is 1. The van der Waals surface area contributed by atoms with Gasteiger partial charge in [-0.05, 0) is 50.2 Å². The summed E-state index contributed by atoms with van der Waals surface area (Å²) in [6.07, 6.45) is -0.213. The Morgan fingerprint density at radius 3 is 2.32 bits per heavy atom. The highest BCUT2D eigenvalue weighted by Crippen LogP contribution is 2.18. The Hall–Kier alpha value is -4.54. The quantitative estimate of drug-likeness (QED) is 0.232. The number of hydrogen-bond acceptors (Lipinski definition) is 8. The highest BCUT2D eigenvalue weighted by atomic mass is 16.6. The Bertz CT molecular complexity index is 1300. The number of nitro benzene ring substituents is 1. The van der Waals surface area contributed by atoms with Crippen LogP contribution in [-0.2, 0) is 20.7 Å². The van der Waals surface area contributed by atoms with Crippen LogP contribution in [0.4, 0.5) is 11.4 Å². The summed E-state index contributed by atoms with van der Waals surface area (Å²) in [5.74, 6) is -1.02. The molecule has 0 saturated heterocycles. The molecule has 3 aromatic rings. The van der Waals surface area contributed by atoms with Crippen molar-refractivity contribution in [3.05, 3.63) is 85.8 Å². The first-order valence-electron chi connectivity index (χ1n) is 10.2. The highest BCUT2D eigenvalue weighted by Gasteiger charge is 2.21. The van der Waals surface area contributed by atoms with Crippen LogP contribution in [0.5, 0.6) is 0 Å². The van der Waals surface area contributed by atoms with Gasteiger partial charge in [-0.2, -0.15) is 0 Å². The van der Waals surface area contributed by atoms with Gasteiger partial charge < -0.3 is 9.47 Å². The Balaban J connectivity index is 2.03. The van der Waals surface area contributed by atoms with Crippen molar-refractivity contribution in [3.8, 4) is 5.69 Å². The molecule has 0 unspecified atom stereocenters. The number of aromatic nitrogens is 2. The molecule has 0 bridgehead atoms. The van der Waals surface area contributed by atoms with Crippen molar-refractivity contribution < 1.29 is 24.0 Å². The van der Waals surface area contributed by atoms with E-state index < -0.39 is 22.4 Å². The summed E-state index contributed by atoms with van der Waals surface area (Å²) in [4.78, 5) is 51.8. The molecular formula is C23H22N4O7. The third-order valence-corrected chi connectivity index (χ3v) is 4.87. The number of rotatable bonds is 8. The second-order valence-electron chi connectivity index (χ2n) is 7.10. The number of aliphatic imine (C=N–C) groups is 1. The van der Waals surface area contributed by atoms with Crippen molar-refractivity contribution in [1.82, 2.24) is 9.78 Å². The van der Waals surface area contributed by atoms with Crippen molar-refractivity contribution >= 4 is 29.0 Å². The van der Waals surface area contributed by atoms with Crippen LogP contribution >= 0.6 is 0 Å². The van der Waals surface area contributed by atoms with Gasteiger partial charge in [-0.15, -0.1) is 0 Å². The fraction of sp³-hybridized carbons (Fsp3) is 0.217. The van der Waals surface area contributed by atoms with Gasteiger partial charge in [-0.25, -0.2) is 9.48 Å². The summed E-state index contributed by atoms with van der Waals surface area (Å²) in [6.45, 7) is 3.59. The largest absolute Gasteiger partial charge is 0.469 e. The average Bonchev–Trinajstić information content (AvgIpc) is 3.15. The van der Waals surface area contributed by atoms with Crippen molar-refractivity contribution in [2.24, 2.45) is 4.99 Å². The molecule has 1 heterocycles. The number of nitrogens with zero attached hydrogens (tertiary/aromatic N) is 3. The molecule has 0 radical (unpaired) electrons. The minimum Gasteiger partial charge on any atom is -0.469 e. The number of carbonyl (C=O) groups excluding carboxylic acids is 2. The number of ether oxygens (including phenoxy) is 2. The molecule has 11 heteroatoms. The molecule has 0 spiro atoms. The molecule has 1 N–H and O–H groups in total. The first-order valence-corrected chi connectivity index (χ1v) is 10.2. The molecule has 0 saturated carbocycles. The molecule has 2 aromatic carbocycles. The Morgan fingerprint density at radius 2 is 1.76 bits per heavy atom. The maximum atomic E-state index is 13.2. The van der Waals surface area contributed by atoms with E-state index >= 15 is 0 Å².